The zero-order chi connectivity index (χ0) is 20.1. The molecular weight excluding hydrogens is 344 g/mol. The van der Waals surface area contributed by atoms with Crippen molar-refractivity contribution in [2.45, 2.75) is 66.0 Å². The first-order valence-electron chi connectivity index (χ1n) is 10.6. The van der Waals surface area contributed by atoms with E-state index >= 15 is 0 Å². The Labute approximate surface area is 170 Å². The lowest BCUT2D eigenvalue weighted by Crippen LogP contribution is -2.27. The summed E-state index contributed by atoms with van der Waals surface area (Å²) in [5.74, 6) is -0.00792. The number of rotatable bonds is 5. The minimum Gasteiger partial charge on any atom is -0.346 e. The molecule has 0 unspecified atom stereocenters. The first-order chi connectivity index (χ1) is 13.4. The van der Waals surface area contributed by atoms with Crippen molar-refractivity contribution in [2.24, 2.45) is 0 Å². The first kappa shape index (κ1) is 20.6. The molecule has 1 amide bonds. The molecule has 150 valence electrons. The normalized spacial score (nSPS) is 16.4. The highest BCUT2D eigenvalue weighted by Gasteiger charge is 2.15. The Morgan fingerprint density at radius 2 is 1.54 bits per heavy atom. The van der Waals surface area contributed by atoms with Crippen LogP contribution >= 0.6 is 0 Å². The number of benzene rings is 2. The van der Waals surface area contributed by atoms with Gasteiger partial charge in [0.1, 0.15) is 0 Å². The highest BCUT2D eigenvalue weighted by Crippen LogP contribution is 2.22. The summed E-state index contributed by atoms with van der Waals surface area (Å²) < 4.78 is 0. The molecule has 0 bridgehead atoms. The Kier molecular flexibility index (Phi) is 6.90. The summed E-state index contributed by atoms with van der Waals surface area (Å²) in [6.07, 6.45) is 5.31. The van der Waals surface area contributed by atoms with E-state index in [0.717, 1.165) is 12.1 Å². The van der Waals surface area contributed by atoms with Gasteiger partial charge in [-0.2, -0.15) is 0 Å². The van der Waals surface area contributed by atoms with Crippen LogP contribution in [0.4, 0.5) is 0 Å². The molecule has 0 saturated carbocycles. The number of carbonyl (C=O) groups excluding carboxylic acids is 1. The molecule has 1 fully saturated rings. The van der Waals surface area contributed by atoms with E-state index in [2.05, 4.69) is 62.2 Å². The quantitative estimate of drug-likeness (QED) is 0.747. The fraction of sp³-hybridized carbons (Fsp3) is 0.480. The number of nitrogens with one attached hydrogen (secondary N) is 1. The lowest BCUT2D eigenvalue weighted by Gasteiger charge is -2.20. The highest BCUT2D eigenvalue weighted by molar-refractivity contribution is 5.94. The van der Waals surface area contributed by atoms with Gasteiger partial charge >= 0.3 is 0 Å². The predicted octanol–water partition coefficient (Wildman–Crippen LogP) is 5.48. The van der Waals surface area contributed by atoms with Crippen LogP contribution < -0.4 is 5.32 Å². The zero-order valence-corrected chi connectivity index (χ0v) is 17.8. The van der Waals surface area contributed by atoms with E-state index in [0.29, 0.717) is 0 Å². The van der Waals surface area contributed by atoms with Gasteiger partial charge in [-0.05, 0) is 93.6 Å². The van der Waals surface area contributed by atoms with Crippen LogP contribution in [0.5, 0.6) is 0 Å². The minimum atomic E-state index is -0.0106. The van der Waals surface area contributed by atoms with Crippen LogP contribution in [0.2, 0.25) is 0 Å². The maximum Gasteiger partial charge on any atom is 0.251 e. The van der Waals surface area contributed by atoms with Gasteiger partial charge in [0.25, 0.3) is 5.91 Å². The Balaban J connectivity index is 1.62. The summed E-state index contributed by atoms with van der Waals surface area (Å²) in [6, 6.07) is 12.5. The molecule has 1 N–H and O–H groups in total. The number of hydrogen-bond acceptors (Lipinski definition) is 2. The van der Waals surface area contributed by atoms with Gasteiger partial charge in [-0.15, -0.1) is 0 Å². The molecule has 1 saturated heterocycles. The molecule has 1 aliphatic rings. The summed E-state index contributed by atoms with van der Waals surface area (Å²) in [5, 5.41) is 3.16. The van der Waals surface area contributed by atoms with Crippen LogP contribution in [0, 0.1) is 20.8 Å². The summed E-state index contributed by atoms with van der Waals surface area (Å²) in [4.78, 5) is 15.3. The van der Waals surface area contributed by atoms with Gasteiger partial charge in [-0.25, -0.2) is 0 Å². The summed E-state index contributed by atoms with van der Waals surface area (Å²) in [6.45, 7) is 11.8. The molecule has 1 atom stereocenters. The van der Waals surface area contributed by atoms with Crippen molar-refractivity contribution in [1.29, 1.82) is 0 Å². The third kappa shape index (κ3) is 5.23. The van der Waals surface area contributed by atoms with Crippen LogP contribution in [0.25, 0.3) is 0 Å². The fourth-order valence-corrected chi connectivity index (χ4v) is 4.12. The van der Waals surface area contributed by atoms with E-state index < -0.39 is 0 Å². The molecule has 0 aromatic heterocycles. The predicted molar refractivity (Wildman–Crippen MR) is 117 cm³/mol. The first-order valence-corrected chi connectivity index (χ1v) is 10.6. The Morgan fingerprint density at radius 3 is 2.18 bits per heavy atom. The van der Waals surface area contributed by atoms with Gasteiger partial charge < -0.3 is 5.32 Å². The van der Waals surface area contributed by atoms with Gasteiger partial charge in [0.05, 0.1) is 6.04 Å². The van der Waals surface area contributed by atoms with E-state index in [1.54, 1.807) is 0 Å². The minimum absolute atomic E-state index is 0.00792. The topological polar surface area (TPSA) is 32.3 Å². The van der Waals surface area contributed by atoms with Crippen LogP contribution in [-0.4, -0.2) is 23.9 Å². The summed E-state index contributed by atoms with van der Waals surface area (Å²) in [5.41, 5.74) is 6.99. The number of amides is 1. The molecule has 0 spiro atoms. The molecule has 28 heavy (non-hydrogen) atoms. The van der Waals surface area contributed by atoms with E-state index in [1.165, 1.54) is 66.6 Å². The average molecular weight is 379 g/mol. The Morgan fingerprint density at radius 1 is 0.929 bits per heavy atom. The van der Waals surface area contributed by atoms with Crippen molar-refractivity contribution in [3.63, 3.8) is 0 Å². The molecule has 3 nitrogen and oxygen atoms in total. The summed E-state index contributed by atoms with van der Waals surface area (Å²) in [7, 11) is 0. The van der Waals surface area contributed by atoms with E-state index in [-0.39, 0.29) is 11.9 Å². The van der Waals surface area contributed by atoms with Crippen LogP contribution in [0.1, 0.15) is 76.8 Å². The molecule has 2 aromatic carbocycles. The Bertz CT molecular complexity index is 802. The SMILES string of the molecule is Cc1cc(C)c([C@@H](C)NC(=O)c2ccc(CN3CCCCCC3)cc2)cc1C. The van der Waals surface area contributed by atoms with Gasteiger partial charge in [0.15, 0.2) is 0 Å². The van der Waals surface area contributed by atoms with Gasteiger partial charge in [-0.3, -0.25) is 9.69 Å². The molecule has 0 radical (unpaired) electrons. The van der Waals surface area contributed by atoms with Gasteiger partial charge in [0, 0.05) is 12.1 Å². The maximum atomic E-state index is 12.7. The van der Waals surface area contributed by atoms with Gasteiger partial charge in [0.2, 0.25) is 0 Å². The van der Waals surface area contributed by atoms with Gasteiger partial charge in [-0.1, -0.05) is 37.1 Å². The maximum absolute atomic E-state index is 12.7. The molecular formula is C25H34N2O. The number of carbonyl (C=O) groups is 1. The van der Waals surface area contributed by atoms with Crippen LogP contribution in [0.3, 0.4) is 0 Å². The third-order valence-electron chi connectivity index (χ3n) is 6.02. The summed E-state index contributed by atoms with van der Waals surface area (Å²) >= 11 is 0. The average Bonchev–Trinajstić information content (AvgIpc) is 2.94. The molecule has 0 aliphatic carbocycles. The molecule has 3 heteroatoms. The van der Waals surface area contributed by atoms with E-state index in [1.807, 2.05) is 12.1 Å². The van der Waals surface area contributed by atoms with E-state index in [9.17, 15) is 4.79 Å². The van der Waals surface area contributed by atoms with Crippen molar-refractivity contribution in [1.82, 2.24) is 10.2 Å². The number of aryl methyl sites for hydroxylation is 3. The number of nitrogens with zero attached hydrogens (tertiary/aromatic N) is 1. The smallest absolute Gasteiger partial charge is 0.251 e. The second-order valence-corrected chi connectivity index (χ2v) is 8.38. The van der Waals surface area contributed by atoms with Crippen LogP contribution in [-0.2, 0) is 6.54 Å². The van der Waals surface area contributed by atoms with Crippen LogP contribution in [0.15, 0.2) is 36.4 Å². The zero-order valence-electron chi connectivity index (χ0n) is 17.8. The second kappa shape index (κ2) is 9.38. The lowest BCUT2D eigenvalue weighted by molar-refractivity contribution is 0.0940. The molecule has 3 rings (SSSR count). The second-order valence-electron chi connectivity index (χ2n) is 8.38. The lowest BCUT2D eigenvalue weighted by atomic mass is 9.96. The highest BCUT2D eigenvalue weighted by atomic mass is 16.1. The number of hydrogen-bond donors (Lipinski definition) is 1. The molecule has 1 aliphatic heterocycles. The Hall–Kier alpha value is -2.13. The van der Waals surface area contributed by atoms with E-state index in [4.69, 9.17) is 0 Å². The van der Waals surface area contributed by atoms with Crippen molar-refractivity contribution in [3.05, 3.63) is 69.8 Å². The largest absolute Gasteiger partial charge is 0.346 e. The monoisotopic (exact) mass is 378 g/mol. The van der Waals surface area contributed by atoms with Crippen molar-refractivity contribution in [3.8, 4) is 0 Å². The fourth-order valence-electron chi connectivity index (χ4n) is 4.12. The number of likely N-dealkylation sites (tertiary alicyclic amines) is 1. The van der Waals surface area contributed by atoms with Crippen molar-refractivity contribution in [2.75, 3.05) is 13.1 Å². The third-order valence-corrected chi connectivity index (χ3v) is 6.02. The standard InChI is InChI=1S/C25H34N2O/c1-18-15-20(3)24(16-19(18)2)21(4)26-25(28)23-11-9-22(10-12-23)17-27-13-7-5-6-8-14-27/h9-12,15-16,21H,5-8,13-14,17H2,1-4H3,(H,26,28)/t21-/m1/s1. The molecule has 2 aromatic rings. The molecule has 1 heterocycles. The van der Waals surface area contributed by atoms with Crippen molar-refractivity contribution < 1.29 is 4.79 Å². The van der Waals surface area contributed by atoms with Crippen molar-refractivity contribution >= 4 is 5.91 Å².